The number of hydrogen-bond donors (Lipinski definition) is 2. The maximum atomic E-state index is 11.5. The van der Waals surface area contributed by atoms with Gasteiger partial charge in [-0.2, -0.15) is 0 Å². The fourth-order valence-electron chi connectivity index (χ4n) is 1.41. The van der Waals surface area contributed by atoms with Crippen molar-refractivity contribution < 1.29 is 9.53 Å². The van der Waals surface area contributed by atoms with E-state index in [-0.39, 0.29) is 6.04 Å². The van der Waals surface area contributed by atoms with Crippen LogP contribution in [0.4, 0.5) is 4.79 Å². The van der Waals surface area contributed by atoms with Gasteiger partial charge >= 0.3 is 6.09 Å². The van der Waals surface area contributed by atoms with Crippen molar-refractivity contribution in [2.45, 2.75) is 46.3 Å². The molecule has 1 atom stereocenters. The van der Waals surface area contributed by atoms with E-state index in [2.05, 4.69) is 10.9 Å². The number of nitrogens with one attached hydrogen (secondary N) is 2. The van der Waals surface area contributed by atoms with Crippen molar-refractivity contribution in [3.05, 3.63) is 35.4 Å². The van der Waals surface area contributed by atoms with Gasteiger partial charge in [0.25, 0.3) is 0 Å². The van der Waals surface area contributed by atoms with Crippen molar-refractivity contribution in [3.63, 3.8) is 0 Å². The molecule has 100 valence electrons. The fourth-order valence-corrected chi connectivity index (χ4v) is 1.41. The molecule has 1 aromatic rings. The number of rotatable bonds is 3. The Morgan fingerprint density at radius 1 is 1.22 bits per heavy atom. The molecule has 1 rings (SSSR count). The number of ether oxygens (including phenoxy) is 1. The van der Waals surface area contributed by atoms with Crippen LogP contribution in [0.2, 0.25) is 0 Å². The number of amides is 1. The molecular weight excluding hydrogens is 228 g/mol. The molecule has 0 aromatic heterocycles. The van der Waals surface area contributed by atoms with E-state index in [1.165, 1.54) is 5.56 Å². The highest BCUT2D eigenvalue weighted by Crippen LogP contribution is 2.12. The summed E-state index contributed by atoms with van der Waals surface area (Å²) < 4.78 is 5.13. The average Bonchev–Trinajstić information content (AvgIpc) is 2.24. The lowest BCUT2D eigenvalue weighted by Crippen LogP contribution is -2.42. The first-order valence-corrected chi connectivity index (χ1v) is 6.09. The number of aryl methyl sites for hydroxylation is 1. The van der Waals surface area contributed by atoms with Gasteiger partial charge in [-0.1, -0.05) is 29.8 Å². The zero-order valence-electron chi connectivity index (χ0n) is 11.7. The topological polar surface area (TPSA) is 50.4 Å². The molecule has 0 saturated carbocycles. The minimum Gasteiger partial charge on any atom is -0.443 e. The van der Waals surface area contributed by atoms with Crippen LogP contribution in [0.5, 0.6) is 0 Å². The predicted octanol–water partition coefficient (Wildman–Crippen LogP) is 3.09. The van der Waals surface area contributed by atoms with Crippen LogP contribution >= 0.6 is 0 Å². The van der Waals surface area contributed by atoms with Gasteiger partial charge < -0.3 is 4.74 Å². The third-order valence-corrected chi connectivity index (χ3v) is 2.37. The lowest BCUT2D eigenvalue weighted by Gasteiger charge is -2.21. The highest BCUT2D eigenvalue weighted by molar-refractivity contribution is 5.67. The van der Waals surface area contributed by atoms with Crippen molar-refractivity contribution >= 4 is 6.09 Å². The van der Waals surface area contributed by atoms with E-state index in [0.717, 1.165) is 5.56 Å². The zero-order valence-corrected chi connectivity index (χ0v) is 11.7. The Morgan fingerprint density at radius 3 is 2.28 bits per heavy atom. The standard InChI is InChI=1S/C14H22N2O2/c1-10-6-8-12(9-7-10)11(2)15-16-13(17)18-14(3,4)5/h6-9,11,15H,1-5H3,(H,16,17). The summed E-state index contributed by atoms with van der Waals surface area (Å²) in [4.78, 5) is 11.5. The normalized spacial score (nSPS) is 12.9. The third kappa shape index (κ3) is 5.19. The molecule has 0 fully saturated rings. The molecule has 4 heteroatoms. The second-order valence-electron chi connectivity index (χ2n) is 5.40. The summed E-state index contributed by atoms with van der Waals surface area (Å²) in [6.45, 7) is 9.50. The van der Waals surface area contributed by atoms with Crippen LogP contribution in [0.3, 0.4) is 0 Å². The summed E-state index contributed by atoms with van der Waals surface area (Å²) in [7, 11) is 0. The van der Waals surface area contributed by atoms with Crippen LogP contribution in [-0.2, 0) is 4.74 Å². The number of benzene rings is 1. The molecule has 0 saturated heterocycles. The predicted molar refractivity (Wildman–Crippen MR) is 72.1 cm³/mol. The number of carbonyl (C=O) groups is 1. The fraction of sp³-hybridized carbons (Fsp3) is 0.500. The van der Waals surface area contributed by atoms with Gasteiger partial charge in [-0.3, -0.25) is 5.43 Å². The Balaban J connectivity index is 2.44. The maximum Gasteiger partial charge on any atom is 0.422 e. The molecule has 0 heterocycles. The van der Waals surface area contributed by atoms with Crippen LogP contribution in [0.25, 0.3) is 0 Å². The van der Waals surface area contributed by atoms with Gasteiger partial charge in [-0.15, -0.1) is 0 Å². The van der Waals surface area contributed by atoms with Crippen molar-refractivity contribution in [1.29, 1.82) is 0 Å². The Bertz CT molecular complexity index is 393. The molecule has 0 radical (unpaired) electrons. The van der Waals surface area contributed by atoms with Gasteiger partial charge in [-0.05, 0) is 40.2 Å². The summed E-state index contributed by atoms with van der Waals surface area (Å²) in [6, 6.07) is 8.17. The second kappa shape index (κ2) is 5.87. The zero-order chi connectivity index (χ0) is 13.8. The van der Waals surface area contributed by atoms with Gasteiger partial charge in [0.05, 0.1) is 0 Å². The Hall–Kier alpha value is -1.55. The molecule has 4 nitrogen and oxygen atoms in total. The average molecular weight is 250 g/mol. The Labute approximate surface area is 109 Å². The summed E-state index contributed by atoms with van der Waals surface area (Å²) in [6.07, 6.45) is -0.471. The van der Waals surface area contributed by atoms with E-state index in [1.807, 2.05) is 58.9 Å². The van der Waals surface area contributed by atoms with Gasteiger partial charge in [-0.25, -0.2) is 10.2 Å². The van der Waals surface area contributed by atoms with E-state index in [9.17, 15) is 4.79 Å². The van der Waals surface area contributed by atoms with Crippen LogP contribution < -0.4 is 10.9 Å². The van der Waals surface area contributed by atoms with Crippen LogP contribution in [-0.4, -0.2) is 11.7 Å². The van der Waals surface area contributed by atoms with E-state index >= 15 is 0 Å². The summed E-state index contributed by atoms with van der Waals surface area (Å²) in [5, 5.41) is 0. The van der Waals surface area contributed by atoms with Crippen molar-refractivity contribution in [3.8, 4) is 0 Å². The molecule has 0 aliphatic rings. The number of hydrazine groups is 1. The van der Waals surface area contributed by atoms with Crippen LogP contribution in [0, 0.1) is 6.92 Å². The smallest absolute Gasteiger partial charge is 0.422 e. The largest absolute Gasteiger partial charge is 0.443 e. The maximum absolute atomic E-state index is 11.5. The Kier molecular flexibility index (Phi) is 4.73. The first-order chi connectivity index (χ1) is 8.28. The summed E-state index contributed by atoms with van der Waals surface area (Å²) in [5.41, 5.74) is 7.29. The molecular formula is C14H22N2O2. The SMILES string of the molecule is Cc1ccc(C(C)NNC(=O)OC(C)(C)C)cc1. The third-order valence-electron chi connectivity index (χ3n) is 2.37. The quantitative estimate of drug-likeness (QED) is 0.810. The van der Waals surface area contributed by atoms with Crippen molar-refractivity contribution in [1.82, 2.24) is 10.9 Å². The number of hydrogen-bond acceptors (Lipinski definition) is 3. The molecule has 0 bridgehead atoms. The van der Waals surface area contributed by atoms with Gasteiger partial charge in [0, 0.05) is 6.04 Å². The first kappa shape index (κ1) is 14.5. The van der Waals surface area contributed by atoms with Gasteiger partial charge in [0.1, 0.15) is 5.60 Å². The monoisotopic (exact) mass is 250 g/mol. The molecule has 1 unspecified atom stereocenters. The van der Waals surface area contributed by atoms with Crippen LogP contribution in [0.1, 0.15) is 44.9 Å². The van der Waals surface area contributed by atoms with E-state index in [4.69, 9.17) is 4.74 Å². The highest BCUT2D eigenvalue weighted by atomic mass is 16.6. The van der Waals surface area contributed by atoms with E-state index < -0.39 is 11.7 Å². The Morgan fingerprint density at radius 2 is 1.78 bits per heavy atom. The van der Waals surface area contributed by atoms with Gasteiger partial charge in [0.2, 0.25) is 0 Å². The van der Waals surface area contributed by atoms with Crippen LogP contribution in [0.15, 0.2) is 24.3 Å². The highest BCUT2D eigenvalue weighted by Gasteiger charge is 2.16. The lowest BCUT2D eigenvalue weighted by atomic mass is 10.1. The van der Waals surface area contributed by atoms with Crippen molar-refractivity contribution in [2.75, 3.05) is 0 Å². The molecule has 1 aromatic carbocycles. The van der Waals surface area contributed by atoms with Crippen molar-refractivity contribution in [2.24, 2.45) is 0 Å². The minimum absolute atomic E-state index is 0.0260. The van der Waals surface area contributed by atoms with E-state index in [0.29, 0.717) is 0 Å². The lowest BCUT2D eigenvalue weighted by molar-refractivity contribution is 0.0489. The number of carbonyl (C=O) groups excluding carboxylic acids is 1. The summed E-state index contributed by atoms with van der Waals surface area (Å²) >= 11 is 0. The first-order valence-electron chi connectivity index (χ1n) is 6.09. The van der Waals surface area contributed by atoms with E-state index in [1.54, 1.807) is 0 Å². The second-order valence-corrected chi connectivity index (χ2v) is 5.40. The summed E-state index contributed by atoms with van der Waals surface area (Å²) in [5.74, 6) is 0. The molecule has 0 aliphatic heterocycles. The molecule has 2 N–H and O–H groups in total. The minimum atomic E-state index is -0.487. The molecule has 0 spiro atoms. The van der Waals surface area contributed by atoms with Gasteiger partial charge in [0.15, 0.2) is 0 Å². The molecule has 1 amide bonds. The molecule has 18 heavy (non-hydrogen) atoms. The molecule has 0 aliphatic carbocycles.